The van der Waals surface area contributed by atoms with Crippen molar-refractivity contribution < 1.29 is 0 Å². The number of rotatable bonds is 3. The third-order valence-corrected chi connectivity index (χ3v) is 4.65. The van der Waals surface area contributed by atoms with Crippen LogP contribution < -0.4 is 0 Å². The summed E-state index contributed by atoms with van der Waals surface area (Å²) in [5.74, 6) is 2.46. The summed E-state index contributed by atoms with van der Waals surface area (Å²) in [5.41, 5.74) is 1.10. The van der Waals surface area contributed by atoms with Crippen LogP contribution in [-0.2, 0) is 6.54 Å². The van der Waals surface area contributed by atoms with E-state index in [4.69, 9.17) is 0 Å². The van der Waals surface area contributed by atoms with Gasteiger partial charge in [-0.05, 0) is 0 Å². The van der Waals surface area contributed by atoms with Crippen LogP contribution >= 0.6 is 39.4 Å². The maximum Gasteiger partial charge on any atom is 0.0883 e. The zero-order chi connectivity index (χ0) is 9.80. The van der Waals surface area contributed by atoms with Crippen molar-refractivity contribution in [3.8, 4) is 0 Å². The van der Waals surface area contributed by atoms with E-state index in [9.17, 15) is 0 Å². The molecule has 0 bridgehead atoms. The average molecular weight is 294 g/mol. The van der Waals surface area contributed by atoms with Crippen molar-refractivity contribution in [1.82, 2.24) is 13.6 Å². The summed E-state index contributed by atoms with van der Waals surface area (Å²) < 4.78 is 8.27. The van der Waals surface area contributed by atoms with E-state index in [0.717, 1.165) is 17.6 Å². The van der Waals surface area contributed by atoms with Crippen LogP contribution in [0.4, 0.5) is 0 Å². The highest BCUT2D eigenvalue weighted by Gasteiger charge is 2.22. The third kappa shape index (κ3) is 2.68. The van der Waals surface area contributed by atoms with E-state index in [0.29, 0.717) is 6.04 Å². The number of hydrogen-bond acceptors (Lipinski definition) is 5. The molecular weight excluding hydrogens is 282 g/mol. The van der Waals surface area contributed by atoms with Gasteiger partial charge in [-0.1, -0.05) is 15.9 Å². The number of hydrogen-bond donors (Lipinski definition) is 0. The van der Waals surface area contributed by atoms with Gasteiger partial charge in [0.1, 0.15) is 0 Å². The van der Waals surface area contributed by atoms with Crippen molar-refractivity contribution >= 4 is 39.4 Å². The molecule has 0 spiro atoms. The summed E-state index contributed by atoms with van der Waals surface area (Å²) in [6, 6.07) is 0.649. The zero-order valence-electron chi connectivity index (χ0n) is 7.73. The van der Waals surface area contributed by atoms with Crippen LogP contribution in [0.5, 0.6) is 0 Å². The molecule has 1 aliphatic rings. The Morgan fingerprint density at radius 2 is 2.57 bits per heavy atom. The van der Waals surface area contributed by atoms with Crippen LogP contribution in [0.1, 0.15) is 5.69 Å². The molecule has 1 aromatic rings. The molecule has 14 heavy (non-hydrogen) atoms. The molecule has 2 rings (SSSR count). The molecule has 0 N–H and O–H groups in total. The van der Waals surface area contributed by atoms with Crippen LogP contribution in [0.2, 0.25) is 0 Å². The molecule has 2 heterocycles. The summed E-state index contributed by atoms with van der Waals surface area (Å²) in [5, 5.41) is 1.05. The highest BCUT2D eigenvalue weighted by molar-refractivity contribution is 9.09. The van der Waals surface area contributed by atoms with E-state index < -0.39 is 0 Å². The van der Waals surface area contributed by atoms with E-state index >= 15 is 0 Å². The highest BCUT2D eigenvalue weighted by Crippen LogP contribution is 2.19. The molecular formula is C8H12BrN3S2. The van der Waals surface area contributed by atoms with Gasteiger partial charge in [-0.3, -0.25) is 4.90 Å². The van der Waals surface area contributed by atoms with Crippen molar-refractivity contribution in [2.45, 2.75) is 12.6 Å². The lowest BCUT2D eigenvalue weighted by atomic mass is 10.3. The molecule has 1 unspecified atom stereocenters. The van der Waals surface area contributed by atoms with Crippen LogP contribution in [0.15, 0.2) is 6.20 Å². The Morgan fingerprint density at radius 1 is 1.64 bits per heavy atom. The summed E-state index contributed by atoms with van der Waals surface area (Å²) in [4.78, 5) is 2.49. The highest BCUT2D eigenvalue weighted by atomic mass is 79.9. The number of aromatic nitrogens is 2. The fourth-order valence-electron chi connectivity index (χ4n) is 1.50. The van der Waals surface area contributed by atoms with Gasteiger partial charge >= 0.3 is 0 Å². The number of alkyl halides is 1. The third-order valence-electron chi connectivity index (χ3n) is 2.30. The average Bonchev–Trinajstić information content (AvgIpc) is 2.71. The Labute approximate surface area is 101 Å². The zero-order valence-corrected chi connectivity index (χ0v) is 10.9. The van der Waals surface area contributed by atoms with Crippen LogP contribution in [0.3, 0.4) is 0 Å². The lowest BCUT2D eigenvalue weighted by Crippen LogP contribution is -2.42. The Balaban J connectivity index is 1.94. The quantitative estimate of drug-likeness (QED) is 0.796. The first-order chi connectivity index (χ1) is 6.90. The molecule has 1 atom stereocenters. The van der Waals surface area contributed by atoms with Crippen LogP contribution in [0.25, 0.3) is 0 Å². The molecule has 3 nitrogen and oxygen atoms in total. The van der Waals surface area contributed by atoms with E-state index in [1.165, 1.54) is 29.8 Å². The first-order valence-electron chi connectivity index (χ1n) is 4.54. The predicted octanol–water partition coefficient (Wildman–Crippen LogP) is 1.85. The number of halogens is 1. The van der Waals surface area contributed by atoms with Gasteiger partial charge in [0.05, 0.1) is 23.6 Å². The van der Waals surface area contributed by atoms with Crippen molar-refractivity contribution in [1.29, 1.82) is 0 Å². The standard InChI is InChI=1S/C8H12BrN3S2/c9-3-8-6-13-2-1-12(8)5-7-4-10-14-11-7/h4,8H,1-3,5-6H2. The van der Waals surface area contributed by atoms with Gasteiger partial charge < -0.3 is 0 Å². The van der Waals surface area contributed by atoms with Crippen LogP contribution in [0, 0.1) is 0 Å². The lowest BCUT2D eigenvalue weighted by Gasteiger charge is -2.33. The smallest absolute Gasteiger partial charge is 0.0883 e. The second-order valence-corrected chi connectivity index (χ2v) is 5.61. The summed E-state index contributed by atoms with van der Waals surface area (Å²) in [7, 11) is 0. The summed E-state index contributed by atoms with van der Waals surface area (Å²) in [6.07, 6.45) is 1.87. The Kier molecular flexibility index (Phi) is 4.22. The minimum atomic E-state index is 0.649. The van der Waals surface area contributed by atoms with Crippen molar-refractivity contribution in [2.24, 2.45) is 0 Å². The van der Waals surface area contributed by atoms with Gasteiger partial charge in [-0.25, -0.2) is 0 Å². The normalized spacial score (nSPS) is 23.9. The monoisotopic (exact) mass is 293 g/mol. The minimum absolute atomic E-state index is 0.649. The molecule has 0 aromatic carbocycles. The predicted molar refractivity (Wildman–Crippen MR) is 65.2 cm³/mol. The molecule has 1 aromatic heterocycles. The molecule has 1 saturated heterocycles. The molecule has 0 amide bonds. The first kappa shape index (κ1) is 10.9. The van der Waals surface area contributed by atoms with Gasteiger partial charge in [0.2, 0.25) is 0 Å². The Morgan fingerprint density at radius 3 is 3.29 bits per heavy atom. The summed E-state index contributed by atoms with van der Waals surface area (Å²) >= 11 is 6.90. The fraction of sp³-hybridized carbons (Fsp3) is 0.750. The lowest BCUT2D eigenvalue weighted by molar-refractivity contribution is 0.226. The van der Waals surface area contributed by atoms with Crippen LogP contribution in [-0.4, -0.2) is 43.1 Å². The van der Waals surface area contributed by atoms with E-state index in [2.05, 4.69) is 29.6 Å². The molecule has 1 aliphatic heterocycles. The maximum absolute atomic E-state index is 4.25. The first-order valence-corrected chi connectivity index (χ1v) is 7.55. The molecule has 78 valence electrons. The van der Waals surface area contributed by atoms with Gasteiger partial charge in [0.25, 0.3) is 0 Å². The number of thioether (sulfide) groups is 1. The van der Waals surface area contributed by atoms with Gasteiger partial charge in [-0.15, -0.1) is 0 Å². The second-order valence-electron chi connectivity index (χ2n) is 3.25. The van der Waals surface area contributed by atoms with Crippen molar-refractivity contribution in [2.75, 3.05) is 23.4 Å². The van der Waals surface area contributed by atoms with Crippen molar-refractivity contribution in [3.63, 3.8) is 0 Å². The Bertz CT molecular complexity index is 268. The SMILES string of the molecule is BrCC1CSCCN1Cc1cnsn1. The fourth-order valence-corrected chi connectivity index (χ4v) is 4.00. The molecule has 0 saturated carbocycles. The topological polar surface area (TPSA) is 29.0 Å². The largest absolute Gasteiger partial charge is 0.292 e. The molecule has 0 radical (unpaired) electrons. The van der Waals surface area contributed by atoms with Gasteiger partial charge in [0, 0.05) is 36.0 Å². The molecule has 1 fully saturated rings. The molecule has 0 aliphatic carbocycles. The Hall–Kier alpha value is 0.350. The minimum Gasteiger partial charge on any atom is -0.292 e. The maximum atomic E-state index is 4.25. The van der Waals surface area contributed by atoms with E-state index in [1.54, 1.807) is 0 Å². The van der Waals surface area contributed by atoms with E-state index in [1.807, 2.05) is 18.0 Å². The van der Waals surface area contributed by atoms with E-state index in [-0.39, 0.29) is 0 Å². The summed E-state index contributed by atoms with van der Waals surface area (Å²) in [6.45, 7) is 2.12. The second kappa shape index (κ2) is 5.44. The molecule has 6 heteroatoms. The van der Waals surface area contributed by atoms with Crippen molar-refractivity contribution in [3.05, 3.63) is 11.9 Å². The van der Waals surface area contributed by atoms with Gasteiger partial charge in [0.15, 0.2) is 0 Å². The number of nitrogens with zero attached hydrogens (tertiary/aromatic N) is 3. The van der Waals surface area contributed by atoms with Gasteiger partial charge in [-0.2, -0.15) is 20.5 Å².